The highest BCUT2D eigenvalue weighted by Crippen LogP contribution is 2.25. The van der Waals surface area contributed by atoms with Gasteiger partial charge >= 0.3 is 0 Å². The molecular formula is C16H22N6O. The van der Waals surface area contributed by atoms with Gasteiger partial charge in [0.05, 0.1) is 5.69 Å². The predicted octanol–water partition coefficient (Wildman–Crippen LogP) is 1.78. The standard InChI is InChI=1S/C16H22N6O/c1-22-9-5-4-6-12(22)11-23-15-8-3-2-7-13(15)20-21-14(10-17)16(18)19/h2-3,7-8,12,20H,4-6,9,11H2,1H3,(H3,18,19)/b21-14+. The lowest BCUT2D eigenvalue weighted by molar-refractivity contribution is 0.125. The van der Waals surface area contributed by atoms with Crippen molar-refractivity contribution < 1.29 is 4.74 Å². The van der Waals surface area contributed by atoms with Gasteiger partial charge in [0.15, 0.2) is 5.84 Å². The molecule has 1 aromatic rings. The van der Waals surface area contributed by atoms with E-state index in [0.29, 0.717) is 24.1 Å². The van der Waals surface area contributed by atoms with Gasteiger partial charge in [-0.3, -0.25) is 10.8 Å². The summed E-state index contributed by atoms with van der Waals surface area (Å²) in [4.78, 5) is 2.32. The minimum atomic E-state index is -0.373. The summed E-state index contributed by atoms with van der Waals surface area (Å²) in [5.41, 5.74) is 8.50. The summed E-state index contributed by atoms with van der Waals surface area (Å²) in [6, 6.07) is 9.56. The zero-order valence-electron chi connectivity index (χ0n) is 13.2. The average molecular weight is 314 g/mol. The molecule has 0 bridgehead atoms. The van der Waals surface area contributed by atoms with Gasteiger partial charge in [-0.05, 0) is 38.6 Å². The van der Waals surface area contributed by atoms with Crippen LogP contribution in [0.25, 0.3) is 0 Å². The fourth-order valence-corrected chi connectivity index (χ4v) is 2.49. The maximum Gasteiger partial charge on any atom is 0.201 e. The first-order chi connectivity index (χ1) is 11.1. The fourth-order valence-electron chi connectivity index (χ4n) is 2.49. The molecule has 1 aliphatic rings. The molecule has 1 heterocycles. The molecule has 0 aliphatic carbocycles. The minimum absolute atomic E-state index is 0.160. The number of nitriles is 1. The summed E-state index contributed by atoms with van der Waals surface area (Å²) in [5.74, 6) is 0.290. The van der Waals surface area contributed by atoms with Crippen LogP contribution in [0, 0.1) is 16.7 Å². The van der Waals surface area contributed by atoms with Gasteiger partial charge in [0.1, 0.15) is 18.4 Å². The van der Waals surface area contributed by atoms with Crippen molar-refractivity contribution in [1.82, 2.24) is 4.90 Å². The number of hydrogen-bond acceptors (Lipinski definition) is 6. The molecule has 0 amide bonds. The molecule has 23 heavy (non-hydrogen) atoms. The van der Waals surface area contributed by atoms with Gasteiger partial charge in [-0.1, -0.05) is 18.6 Å². The first kappa shape index (κ1) is 16.8. The monoisotopic (exact) mass is 314 g/mol. The van der Waals surface area contributed by atoms with Crippen molar-refractivity contribution >= 4 is 17.2 Å². The van der Waals surface area contributed by atoms with E-state index in [-0.39, 0.29) is 11.5 Å². The molecule has 2 rings (SSSR count). The Hall–Kier alpha value is -2.59. The highest BCUT2D eigenvalue weighted by molar-refractivity contribution is 6.45. The summed E-state index contributed by atoms with van der Waals surface area (Å²) in [6.45, 7) is 1.71. The molecule has 1 aliphatic heterocycles. The van der Waals surface area contributed by atoms with E-state index in [1.807, 2.05) is 18.2 Å². The third-order valence-corrected chi connectivity index (χ3v) is 3.89. The third kappa shape index (κ3) is 4.69. The third-order valence-electron chi connectivity index (χ3n) is 3.89. The Balaban J connectivity index is 2.03. The molecule has 7 heteroatoms. The topological polar surface area (TPSA) is 111 Å². The summed E-state index contributed by atoms with van der Waals surface area (Å²) in [7, 11) is 2.12. The van der Waals surface area contributed by atoms with Crippen molar-refractivity contribution in [2.75, 3.05) is 25.6 Å². The summed E-state index contributed by atoms with van der Waals surface area (Å²) >= 11 is 0. The molecule has 1 aromatic carbocycles. The van der Waals surface area contributed by atoms with Crippen molar-refractivity contribution in [3.8, 4) is 11.8 Å². The van der Waals surface area contributed by atoms with Crippen LogP contribution in [0.5, 0.6) is 5.75 Å². The van der Waals surface area contributed by atoms with Crippen LogP contribution in [-0.4, -0.2) is 42.7 Å². The quantitative estimate of drug-likeness (QED) is 0.421. The van der Waals surface area contributed by atoms with E-state index in [0.717, 1.165) is 13.0 Å². The number of amidine groups is 1. The number of anilines is 1. The highest BCUT2D eigenvalue weighted by Gasteiger charge is 2.19. The number of nitrogens with two attached hydrogens (primary N) is 1. The molecule has 1 unspecified atom stereocenters. The van der Waals surface area contributed by atoms with E-state index in [1.54, 1.807) is 12.1 Å². The molecule has 1 fully saturated rings. The van der Waals surface area contributed by atoms with E-state index in [9.17, 15) is 0 Å². The van der Waals surface area contributed by atoms with E-state index in [1.165, 1.54) is 12.8 Å². The summed E-state index contributed by atoms with van der Waals surface area (Å²) < 4.78 is 5.93. The van der Waals surface area contributed by atoms with Crippen LogP contribution in [-0.2, 0) is 0 Å². The van der Waals surface area contributed by atoms with Crippen molar-refractivity contribution in [3.05, 3.63) is 24.3 Å². The van der Waals surface area contributed by atoms with Crippen LogP contribution in [0.4, 0.5) is 5.69 Å². The van der Waals surface area contributed by atoms with Crippen LogP contribution in [0.2, 0.25) is 0 Å². The van der Waals surface area contributed by atoms with Gasteiger partial charge in [-0.2, -0.15) is 10.4 Å². The summed E-state index contributed by atoms with van der Waals surface area (Å²) in [6.07, 6.45) is 3.60. The SMILES string of the molecule is CN1CCCCC1COc1ccccc1N/N=C(\C#N)C(=N)N. The van der Waals surface area contributed by atoms with Gasteiger partial charge in [0.2, 0.25) is 5.71 Å². The Morgan fingerprint density at radius 2 is 2.30 bits per heavy atom. The fraction of sp³-hybridized carbons (Fsp3) is 0.438. The zero-order valence-corrected chi connectivity index (χ0v) is 13.2. The molecule has 122 valence electrons. The van der Waals surface area contributed by atoms with Gasteiger partial charge in [-0.25, -0.2) is 0 Å². The number of hydrogen-bond donors (Lipinski definition) is 3. The summed E-state index contributed by atoms with van der Waals surface area (Å²) in [5, 5.41) is 20.0. The molecule has 7 nitrogen and oxygen atoms in total. The first-order valence-electron chi connectivity index (χ1n) is 7.62. The van der Waals surface area contributed by atoms with E-state index < -0.39 is 0 Å². The number of rotatable bonds is 6. The second-order valence-corrected chi connectivity index (χ2v) is 5.54. The van der Waals surface area contributed by atoms with Crippen molar-refractivity contribution in [2.24, 2.45) is 10.8 Å². The average Bonchev–Trinajstić information content (AvgIpc) is 2.55. The van der Waals surface area contributed by atoms with E-state index in [4.69, 9.17) is 21.1 Å². The van der Waals surface area contributed by atoms with Crippen LogP contribution >= 0.6 is 0 Å². The van der Waals surface area contributed by atoms with Crippen LogP contribution in [0.15, 0.2) is 29.4 Å². The minimum Gasteiger partial charge on any atom is -0.490 e. The molecule has 1 atom stereocenters. The molecule has 0 radical (unpaired) electrons. The number of ether oxygens (including phenoxy) is 1. The van der Waals surface area contributed by atoms with Gasteiger partial charge in [0.25, 0.3) is 0 Å². The molecule has 1 saturated heterocycles. The number of para-hydroxylation sites is 2. The second-order valence-electron chi connectivity index (χ2n) is 5.54. The molecule has 0 aromatic heterocycles. The van der Waals surface area contributed by atoms with Gasteiger partial charge in [-0.15, -0.1) is 0 Å². The van der Waals surface area contributed by atoms with Crippen LogP contribution < -0.4 is 15.9 Å². The Morgan fingerprint density at radius 1 is 1.52 bits per heavy atom. The van der Waals surface area contributed by atoms with Gasteiger partial charge in [0, 0.05) is 6.04 Å². The van der Waals surface area contributed by atoms with Crippen LogP contribution in [0.3, 0.4) is 0 Å². The van der Waals surface area contributed by atoms with Crippen molar-refractivity contribution in [2.45, 2.75) is 25.3 Å². The Labute approximate surface area is 136 Å². The van der Waals surface area contributed by atoms with E-state index in [2.05, 4.69) is 22.5 Å². The number of likely N-dealkylation sites (N-methyl/N-ethyl adjacent to an activating group) is 1. The molecule has 0 saturated carbocycles. The highest BCUT2D eigenvalue weighted by atomic mass is 16.5. The largest absolute Gasteiger partial charge is 0.490 e. The van der Waals surface area contributed by atoms with Crippen molar-refractivity contribution in [3.63, 3.8) is 0 Å². The maximum atomic E-state index is 8.87. The first-order valence-corrected chi connectivity index (χ1v) is 7.62. The molecular weight excluding hydrogens is 292 g/mol. The molecule has 4 N–H and O–H groups in total. The Kier molecular flexibility index (Phi) is 5.94. The second kappa shape index (κ2) is 8.15. The number of likely N-dealkylation sites (tertiary alicyclic amines) is 1. The smallest absolute Gasteiger partial charge is 0.201 e. The Morgan fingerprint density at radius 3 is 3.00 bits per heavy atom. The number of hydrazone groups is 1. The Bertz CT molecular complexity index is 621. The number of nitrogens with zero attached hydrogens (tertiary/aromatic N) is 3. The lowest BCUT2D eigenvalue weighted by atomic mass is 10.0. The lowest BCUT2D eigenvalue weighted by Gasteiger charge is -2.32. The van der Waals surface area contributed by atoms with Crippen LogP contribution in [0.1, 0.15) is 19.3 Å². The zero-order chi connectivity index (χ0) is 16.7. The molecule has 0 spiro atoms. The maximum absolute atomic E-state index is 8.87. The van der Waals surface area contributed by atoms with E-state index >= 15 is 0 Å². The predicted molar refractivity (Wildman–Crippen MR) is 90.8 cm³/mol. The normalized spacial score (nSPS) is 19.0. The van der Waals surface area contributed by atoms with Crippen molar-refractivity contribution in [1.29, 1.82) is 10.7 Å². The number of benzene rings is 1. The number of nitrogens with one attached hydrogen (secondary N) is 2. The lowest BCUT2D eigenvalue weighted by Crippen LogP contribution is -2.40. The van der Waals surface area contributed by atoms with Gasteiger partial charge < -0.3 is 15.4 Å². The number of piperidine rings is 1.